The molecule has 1 aromatic rings. The quantitative estimate of drug-likeness (QED) is 0.462. The molecule has 80 valence electrons. The van der Waals surface area contributed by atoms with Crippen LogP contribution in [-0.4, -0.2) is 17.0 Å². The molecule has 0 amide bonds. The molecule has 0 radical (unpaired) electrons. The number of esters is 1. The molecule has 0 bridgehead atoms. The zero-order valence-corrected chi connectivity index (χ0v) is 8.34. The van der Waals surface area contributed by atoms with Crippen LogP contribution in [0.4, 0.5) is 0 Å². The van der Waals surface area contributed by atoms with Crippen LogP contribution in [0.5, 0.6) is 5.75 Å². The van der Waals surface area contributed by atoms with Crippen LogP contribution in [0.1, 0.15) is 6.92 Å². The summed E-state index contributed by atoms with van der Waals surface area (Å²) in [6, 6.07) is 8.55. The van der Waals surface area contributed by atoms with Crippen molar-refractivity contribution in [3.05, 3.63) is 43.0 Å². The Hall–Kier alpha value is -1.81. The highest BCUT2D eigenvalue weighted by Gasteiger charge is 2.26. The molecule has 1 unspecified atom stereocenters. The molecule has 0 saturated heterocycles. The molecule has 15 heavy (non-hydrogen) atoms. The van der Waals surface area contributed by atoms with Crippen LogP contribution in [0.25, 0.3) is 0 Å². The maximum absolute atomic E-state index is 10.8. The molecule has 0 heterocycles. The zero-order valence-electron chi connectivity index (χ0n) is 8.34. The second-order valence-electron chi connectivity index (χ2n) is 2.94. The molecule has 4 heteroatoms. The van der Waals surface area contributed by atoms with Gasteiger partial charge in [0, 0.05) is 13.0 Å². The Bertz CT molecular complexity index is 343. The van der Waals surface area contributed by atoms with Gasteiger partial charge in [-0.2, -0.15) is 0 Å². The summed E-state index contributed by atoms with van der Waals surface area (Å²) < 4.78 is 9.61. The molecule has 1 aromatic carbocycles. The monoisotopic (exact) mass is 208 g/mol. The normalized spacial score (nSPS) is 13.7. The number of rotatable bonds is 4. The van der Waals surface area contributed by atoms with E-state index in [-0.39, 0.29) is 0 Å². The highest BCUT2D eigenvalue weighted by molar-refractivity contribution is 5.81. The number of hydrogen-bond acceptors (Lipinski definition) is 4. The SMILES string of the molecule is C=CC(=O)OC(C)(O)Oc1ccccc1. The summed E-state index contributed by atoms with van der Waals surface area (Å²) in [5, 5.41) is 9.56. The van der Waals surface area contributed by atoms with E-state index in [1.807, 2.05) is 0 Å². The van der Waals surface area contributed by atoms with E-state index < -0.39 is 11.9 Å². The summed E-state index contributed by atoms with van der Waals surface area (Å²) in [4.78, 5) is 10.8. The Labute approximate surface area is 87.7 Å². The molecule has 0 aromatic heterocycles. The molecule has 1 N–H and O–H groups in total. The van der Waals surface area contributed by atoms with Crippen molar-refractivity contribution in [1.29, 1.82) is 0 Å². The number of ether oxygens (including phenoxy) is 2. The van der Waals surface area contributed by atoms with Gasteiger partial charge in [0.15, 0.2) is 0 Å². The molecule has 0 aliphatic carbocycles. The van der Waals surface area contributed by atoms with E-state index in [0.717, 1.165) is 6.08 Å². The number of carbonyl (C=O) groups excluding carboxylic acids is 1. The molecule has 1 rings (SSSR count). The van der Waals surface area contributed by atoms with Crippen LogP contribution >= 0.6 is 0 Å². The predicted molar refractivity (Wildman–Crippen MR) is 54.0 cm³/mol. The maximum Gasteiger partial charge on any atom is 0.368 e. The van der Waals surface area contributed by atoms with E-state index in [1.165, 1.54) is 6.92 Å². The Balaban J connectivity index is 2.64. The van der Waals surface area contributed by atoms with E-state index in [0.29, 0.717) is 5.75 Å². The van der Waals surface area contributed by atoms with Crippen LogP contribution in [0.3, 0.4) is 0 Å². The van der Waals surface area contributed by atoms with Gasteiger partial charge in [0.2, 0.25) is 0 Å². The second-order valence-corrected chi connectivity index (χ2v) is 2.94. The van der Waals surface area contributed by atoms with Gasteiger partial charge in [-0.1, -0.05) is 24.8 Å². The first kappa shape index (κ1) is 11.3. The minimum absolute atomic E-state index is 0.402. The topological polar surface area (TPSA) is 55.8 Å². The fourth-order valence-corrected chi connectivity index (χ4v) is 0.956. The highest BCUT2D eigenvalue weighted by atomic mass is 16.8. The third-order valence-corrected chi connectivity index (χ3v) is 1.51. The Kier molecular flexibility index (Phi) is 3.46. The molecule has 0 aliphatic heterocycles. The summed E-state index contributed by atoms with van der Waals surface area (Å²) in [5.74, 6) is -2.35. The highest BCUT2D eigenvalue weighted by Crippen LogP contribution is 2.16. The summed E-state index contributed by atoms with van der Waals surface area (Å²) in [6.07, 6.45) is 0.947. The van der Waals surface area contributed by atoms with Gasteiger partial charge in [-0.25, -0.2) is 4.79 Å². The molecule has 0 aliphatic rings. The lowest BCUT2D eigenvalue weighted by molar-refractivity contribution is -0.287. The molecule has 0 fully saturated rings. The molecule has 0 saturated carbocycles. The third-order valence-electron chi connectivity index (χ3n) is 1.51. The Morgan fingerprint density at radius 3 is 2.60 bits per heavy atom. The van der Waals surface area contributed by atoms with Crippen molar-refractivity contribution >= 4 is 5.97 Å². The molecular weight excluding hydrogens is 196 g/mol. The van der Waals surface area contributed by atoms with E-state index >= 15 is 0 Å². The number of para-hydroxylation sites is 1. The largest absolute Gasteiger partial charge is 0.430 e. The predicted octanol–water partition coefficient (Wildman–Crippen LogP) is 1.46. The van der Waals surface area contributed by atoms with E-state index in [2.05, 4.69) is 11.3 Å². The van der Waals surface area contributed by atoms with Crippen LogP contribution in [0, 0.1) is 0 Å². The first-order valence-electron chi connectivity index (χ1n) is 4.35. The van der Waals surface area contributed by atoms with Gasteiger partial charge in [0.1, 0.15) is 5.75 Å². The lowest BCUT2D eigenvalue weighted by atomic mass is 10.3. The fraction of sp³-hybridized carbons (Fsp3) is 0.182. The lowest BCUT2D eigenvalue weighted by Crippen LogP contribution is -2.37. The standard InChI is InChI=1S/C11H12O4/c1-3-10(12)15-11(2,13)14-9-7-5-4-6-8-9/h3-8,13H,1H2,2H3. The minimum atomic E-state index is -1.99. The smallest absolute Gasteiger partial charge is 0.368 e. The van der Waals surface area contributed by atoms with Crippen molar-refractivity contribution in [3.63, 3.8) is 0 Å². The summed E-state index contributed by atoms with van der Waals surface area (Å²) in [5.41, 5.74) is 0. The van der Waals surface area contributed by atoms with Crippen molar-refractivity contribution < 1.29 is 19.4 Å². The van der Waals surface area contributed by atoms with Gasteiger partial charge in [0.25, 0.3) is 0 Å². The molecular formula is C11H12O4. The zero-order chi connectivity index (χ0) is 11.3. The van der Waals surface area contributed by atoms with Gasteiger partial charge < -0.3 is 14.6 Å². The first-order valence-corrected chi connectivity index (χ1v) is 4.35. The van der Waals surface area contributed by atoms with Gasteiger partial charge in [-0.05, 0) is 12.1 Å². The Morgan fingerprint density at radius 1 is 1.47 bits per heavy atom. The number of carbonyl (C=O) groups is 1. The van der Waals surface area contributed by atoms with Crippen LogP contribution < -0.4 is 4.74 Å². The fourth-order valence-electron chi connectivity index (χ4n) is 0.956. The van der Waals surface area contributed by atoms with Gasteiger partial charge >= 0.3 is 11.9 Å². The average Bonchev–Trinajstić information content (AvgIpc) is 2.17. The lowest BCUT2D eigenvalue weighted by Gasteiger charge is -2.23. The molecule has 1 atom stereocenters. The van der Waals surface area contributed by atoms with Crippen molar-refractivity contribution in [2.24, 2.45) is 0 Å². The summed E-state index contributed by atoms with van der Waals surface area (Å²) in [6.45, 7) is 4.43. The third kappa shape index (κ3) is 3.83. The Morgan fingerprint density at radius 2 is 2.07 bits per heavy atom. The van der Waals surface area contributed by atoms with E-state index in [9.17, 15) is 9.90 Å². The molecule has 4 nitrogen and oxygen atoms in total. The number of benzene rings is 1. The maximum atomic E-state index is 10.8. The van der Waals surface area contributed by atoms with Crippen LogP contribution in [0.2, 0.25) is 0 Å². The van der Waals surface area contributed by atoms with Crippen molar-refractivity contribution in [2.45, 2.75) is 12.9 Å². The first-order chi connectivity index (χ1) is 7.03. The van der Waals surface area contributed by atoms with Crippen LogP contribution in [0.15, 0.2) is 43.0 Å². The number of aliphatic hydroxyl groups is 1. The van der Waals surface area contributed by atoms with Crippen molar-refractivity contribution in [1.82, 2.24) is 0 Å². The minimum Gasteiger partial charge on any atom is -0.430 e. The van der Waals surface area contributed by atoms with E-state index in [1.54, 1.807) is 30.3 Å². The van der Waals surface area contributed by atoms with E-state index in [4.69, 9.17) is 4.74 Å². The second kappa shape index (κ2) is 4.61. The average molecular weight is 208 g/mol. The van der Waals surface area contributed by atoms with Crippen molar-refractivity contribution in [2.75, 3.05) is 0 Å². The molecule has 0 spiro atoms. The summed E-state index contributed by atoms with van der Waals surface area (Å²) in [7, 11) is 0. The summed E-state index contributed by atoms with van der Waals surface area (Å²) >= 11 is 0. The van der Waals surface area contributed by atoms with Gasteiger partial charge in [-0.15, -0.1) is 0 Å². The van der Waals surface area contributed by atoms with Gasteiger partial charge in [-0.3, -0.25) is 0 Å². The van der Waals surface area contributed by atoms with Crippen LogP contribution in [-0.2, 0) is 9.53 Å². The van der Waals surface area contributed by atoms with Gasteiger partial charge in [0.05, 0.1) is 0 Å². The van der Waals surface area contributed by atoms with Crippen molar-refractivity contribution in [3.8, 4) is 5.75 Å². The number of hydrogen-bond donors (Lipinski definition) is 1.